The molecule has 0 aliphatic rings. The molecule has 4 N–H and O–H groups in total. The molecule has 0 saturated carbocycles. The maximum Gasteiger partial charge on any atom is 0.263 e. The van der Waals surface area contributed by atoms with Gasteiger partial charge in [-0.3, -0.25) is 4.79 Å². The minimum absolute atomic E-state index is 0.0349. The van der Waals surface area contributed by atoms with Crippen LogP contribution >= 0.6 is 0 Å². The van der Waals surface area contributed by atoms with Gasteiger partial charge >= 0.3 is 0 Å². The third-order valence-corrected chi connectivity index (χ3v) is 4.09. The average Bonchev–Trinajstić information content (AvgIpc) is 2.69. The summed E-state index contributed by atoms with van der Waals surface area (Å²) in [6.07, 6.45) is 1.94. The summed E-state index contributed by atoms with van der Waals surface area (Å²) in [4.78, 5) is 12.2. The number of nitrogen functional groups attached to an aromatic ring is 1. The number of carbonyl (C=O) groups is 1. The molecule has 7 nitrogen and oxygen atoms in total. The summed E-state index contributed by atoms with van der Waals surface area (Å²) in [6.45, 7) is 2.31. The number of ether oxygens (including phenoxy) is 2. The Hall–Kier alpha value is -3.66. The molecule has 0 radical (unpaired) electrons. The highest BCUT2D eigenvalue weighted by molar-refractivity contribution is 5.97. The minimum Gasteiger partial charge on any atom is -0.493 e. The van der Waals surface area contributed by atoms with E-state index in [1.165, 1.54) is 6.20 Å². The number of benzene rings is 2. The Labute approximate surface area is 164 Å². The van der Waals surface area contributed by atoms with Crippen LogP contribution < -0.4 is 25.8 Å². The number of hydrogen-bond acceptors (Lipinski definition) is 6. The Morgan fingerprint density at radius 3 is 2.57 bits per heavy atom. The van der Waals surface area contributed by atoms with Gasteiger partial charge in [0.25, 0.3) is 5.91 Å². The molecule has 0 aromatic heterocycles. The van der Waals surface area contributed by atoms with Crippen molar-refractivity contribution in [3.8, 4) is 17.6 Å². The van der Waals surface area contributed by atoms with Crippen LogP contribution in [0.15, 0.2) is 48.2 Å². The highest BCUT2D eigenvalue weighted by Gasteiger charge is 2.10. The monoisotopic (exact) mass is 380 g/mol. The number of nitrogens with zero attached hydrogens (tertiary/aromatic N) is 1. The van der Waals surface area contributed by atoms with Crippen LogP contribution in [0.1, 0.15) is 11.1 Å². The van der Waals surface area contributed by atoms with Crippen molar-refractivity contribution in [2.24, 2.45) is 0 Å². The lowest BCUT2D eigenvalue weighted by Gasteiger charge is -2.10. The van der Waals surface area contributed by atoms with E-state index in [2.05, 4.69) is 10.6 Å². The number of nitrogens with one attached hydrogen (secondary N) is 2. The van der Waals surface area contributed by atoms with E-state index in [4.69, 9.17) is 15.2 Å². The first kappa shape index (κ1) is 20.6. The quantitative estimate of drug-likeness (QED) is 0.369. The van der Waals surface area contributed by atoms with Crippen LogP contribution in [0.3, 0.4) is 0 Å². The van der Waals surface area contributed by atoms with E-state index < -0.39 is 5.91 Å². The molecule has 0 bridgehead atoms. The van der Waals surface area contributed by atoms with Gasteiger partial charge in [-0.15, -0.1) is 0 Å². The van der Waals surface area contributed by atoms with Crippen LogP contribution in [0.25, 0.3) is 0 Å². The Kier molecular flexibility index (Phi) is 7.28. The normalized spacial score (nSPS) is 10.7. The molecular weight excluding hydrogens is 356 g/mol. The maximum atomic E-state index is 12.2. The molecular formula is C21H24N4O3. The van der Waals surface area contributed by atoms with Gasteiger partial charge in [0.05, 0.1) is 25.6 Å². The summed E-state index contributed by atoms with van der Waals surface area (Å²) in [5.41, 5.74) is 9.07. The van der Waals surface area contributed by atoms with Crippen LogP contribution in [0.4, 0.5) is 11.4 Å². The van der Waals surface area contributed by atoms with E-state index in [0.717, 1.165) is 11.1 Å². The number of nitriles is 1. The molecule has 0 atom stereocenters. The number of nitrogens with two attached hydrogens (primary N) is 1. The van der Waals surface area contributed by atoms with Crippen molar-refractivity contribution in [2.75, 3.05) is 31.8 Å². The van der Waals surface area contributed by atoms with E-state index in [1.807, 2.05) is 43.3 Å². The standard InChI is InChI=1S/C21H24N4O3/c1-14-4-6-18(17(23)10-14)25-13-16(12-22)21(26)24-9-8-15-5-7-19(27-2)20(11-15)28-3/h4-7,10-11,13,25H,8-9,23H2,1-3H3,(H,24,26)/b16-13-. The molecule has 0 spiro atoms. The molecule has 0 fully saturated rings. The smallest absolute Gasteiger partial charge is 0.263 e. The van der Waals surface area contributed by atoms with Crippen molar-refractivity contribution in [1.82, 2.24) is 5.32 Å². The predicted molar refractivity (Wildman–Crippen MR) is 109 cm³/mol. The largest absolute Gasteiger partial charge is 0.493 e. The van der Waals surface area contributed by atoms with E-state index in [1.54, 1.807) is 20.3 Å². The molecule has 2 aromatic rings. The molecule has 28 heavy (non-hydrogen) atoms. The number of aryl methyl sites for hydroxylation is 1. The first-order chi connectivity index (χ1) is 13.5. The van der Waals surface area contributed by atoms with Crippen molar-refractivity contribution in [1.29, 1.82) is 5.26 Å². The van der Waals surface area contributed by atoms with Crippen LogP contribution in [-0.2, 0) is 11.2 Å². The zero-order valence-electron chi connectivity index (χ0n) is 16.2. The molecule has 0 aliphatic carbocycles. The van der Waals surface area contributed by atoms with Gasteiger partial charge in [-0.1, -0.05) is 12.1 Å². The average molecular weight is 380 g/mol. The van der Waals surface area contributed by atoms with E-state index in [9.17, 15) is 10.1 Å². The van der Waals surface area contributed by atoms with Gasteiger partial charge in [-0.05, 0) is 48.7 Å². The summed E-state index contributed by atoms with van der Waals surface area (Å²) in [7, 11) is 3.15. The van der Waals surface area contributed by atoms with Crippen molar-refractivity contribution >= 4 is 17.3 Å². The molecule has 0 saturated heterocycles. The van der Waals surface area contributed by atoms with Gasteiger partial charge in [0.2, 0.25) is 0 Å². The van der Waals surface area contributed by atoms with Crippen molar-refractivity contribution in [3.05, 3.63) is 59.3 Å². The van der Waals surface area contributed by atoms with Gasteiger partial charge in [0, 0.05) is 12.7 Å². The SMILES string of the molecule is COc1ccc(CCNC(=O)/C(C#N)=C\Nc2ccc(C)cc2N)cc1OC. The minimum atomic E-state index is -0.457. The Morgan fingerprint density at radius 1 is 1.18 bits per heavy atom. The van der Waals surface area contributed by atoms with Gasteiger partial charge in [-0.25, -0.2) is 0 Å². The van der Waals surface area contributed by atoms with Crippen LogP contribution in [0.5, 0.6) is 11.5 Å². The lowest BCUT2D eigenvalue weighted by molar-refractivity contribution is -0.117. The second kappa shape index (κ2) is 9.88. The lowest BCUT2D eigenvalue weighted by Crippen LogP contribution is -2.27. The summed E-state index contributed by atoms with van der Waals surface area (Å²) >= 11 is 0. The highest BCUT2D eigenvalue weighted by atomic mass is 16.5. The first-order valence-corrected chi connectivity index (χ1v) is 8.70. The third kappa shape index (κ3) is 5.42. The Balaban J connectivity index is 1.94. The van der Waals surface area contributed by atoms with Crippen molar-refractivity contribution in [2.45, 2.75) is 13.3 Å². The van der Waals surface area contributed by atoms with Crippen molar-refractivity contribution < 1.29 is 14.3 Å². The van der Waals surface area contributed by atoms with E-state index in [-0.39, 0.29) is 5.57 Å². The van der Waals surface area contributed by atoms with Crippen LogP contribution in [-0.4, -0.2) is 26.7 Å². The number of amides is 1. The molecule has 1 amide bonds. The predicted octanol–water partition coefficient (Wildman–Crippen LogP) is 2.77. The number of rotatable bonds is 8. The van der Waals surface area contributed by atoms with Gasteiger partial charge in [-0.2, -0.15) is 5.26 Å². The number of methoxy groups -OCH3 is 2. The van der Waals surface area contributed by atoms with Gasteiger partial charge < -0.3 is 25.8 Å². The summed E-state index contributed by atoms with van der Waals surface area (Å²) < 4.78 is 10.5. The number of anilines is 2. The van der Waals surface area contributed by atoms with Crippen LogP contribution in [0.2, 0.25) is 0 Å². The zero-order chi connectivity index (χ0) is 20.5. The topological polar surface area (TPSA) is 109 Å². The second-order valence-corrected chi connectivity index (χ2v) is 6.10. The summed E-state index contributed by atoms with van der Waals surface area (Å²) in [5.74, 6) is 0.816. The fourth-order valence-corrected chi connectivity index (χ4v) is 2.56. The molecule has 0 heterocycles. The first-order valence-electron chi connectivity index (χ1n) is 8.70. The molecule has 7 heteroatoms. The molecule has 2 aromatic carbocycles. The van der Waals surface area contributed by atoms with Crippen molar-refractivity contribution in [3.63, 3.8) is 0 Å². The fourth-order valence-electron chi connectivity index (χ4n) is 2.56. The fraction of sp³-hybridized carbons (Fsp3) is 0.238. The molecule has 2 rings (SSSR count). The van der Waals surface area contributed by atoms with E-state index in [0.29, 0.717) is 35.8 Å². The number of hydrogen-bond donors (Lipinski definition) is 3. The Bertz CT molecular complexity index is 916. The van der Waals surface area contributed by atoms with Gasteiger partial charge in [0.1, 0.15) is 11.6 Å². The maximum absolute atomic E-state index is 12.2. The highest BCUT2D eigenvalue weighted by Crippen LogP contribution is 2.27. The van der Waals surface area contributed by atoms with Crippen LogP contribution in [0, 0.1) is 18.3 Å². The van der Waals surface area contributed by atoms with E-state index >= 15 is 0 Å². The summed E-state index contributed by atoms with van der Waals surface area (Å²) in [6, 6.07) is 13.0. The third-order valence-electron chi connectivity index (χ3n) is 4.09. The zero-order valence-corrected chi connectivity index (χ0v) is 16.2. The molecule has 146 valence electrons. The molecule has 0 unspecified atom stereocenters. The lowest BCUT2D eigenvalue weighted by atomic mass is 10.1. The second-order valence-electron chi connectivity index (χ2n) is 6.10. The number of carbonyl (C=O) groups excluding carboxylic acids is 1. The Morgan fingerprint density at radius 2 is 1.93 bits per heavy atom. The van der Waals surface area contributed by atoms with Gasteiger partial charge in [0.15, 0.2) is 11.5 Å². The molecule has 0 aliphatic heterocycles. The summed E-state index contributed by atoms with van der Waals surface area (Å²) in [5, 5.41) is 14.9.